The Morgan fingerprint density at radius 3 is 2.32 bits per heavy atom. The van der Waals surface area contributed by atoms with Gasteiger partial charge < -0.3 is 14.4 Å². The number of carbonyl (C=O) groups excluding carboxylic acids is 1. The lowest BCUT2D eigenvalue weighted by Crippen LogP contribution is -2.43. The molecule has 1 aromatic heterocycles. The predicted molar refractivity (Wildman–Crippen MR) is 123 cm³/mol. The van der Waals surface area contributed by atoms with Gasteiger partial charge in [-0.3, -0.25) is 0 Å². The van der Waals surface area contributed by atoms with Crippen LogP contribution in [0.1, 0.15) is 28.4 Å². The van der Waals surface area contributed by atoms with Crippen molar-refractivity contribution in [1.29, 1.82) is 0 Å². The van der Waals surface area contributed by atoms with Gasteiger partial charge in [0, 0.05) is 36.7 Å². The van der Waals surface area contributed by atoms with Crippen LogP contribution in [0.25, 0.3) is 10.9 Å². The minimum absolute atomic E-state index is 0.0689. The first kappa shape index (κ1) is 18.3. The Bertz CT molecular complexity index is 1260. The van der Waals surface area contributed by atoms with E-state index in [0.717, 1.165) is 13.0 Å². The summed E-state index contributed by atoms with van der Waals surface area (Å²) in [4.78, 5) is 17.9. The fourth-order valence-electron chi connectivity index (χ4n) is 5.54. The van der Waals surface area contributed by atoms with Gasteiger partial charge in [-0.05, 0) is 29.2 Å². The molecule has 3 aromatic carbocycles. The molecule has 4 aromatic rings. The molecule has 3 heterocycles. The van der Waals surface area contributed by atoms with Crippen molar-refractivity contribution >= 4 is 16.9 Å². The molecular formula is C27H25N3O. The number of para-hydroxylation sites is 1. The number of nitrogens with zero attached hydrogens (tertiary/aromatic N) is 3. The Kier molecular flexibility index (Phi) is 4.13. The second-order valence-electron chi connectivity index (χ2n) is 8.67. The molecule has 6 rings (SSSR count). The van der Waals surface area contributed by atoms with Crippen molar-refractivity contribution in [3.63, 3.8) is 0 Å². The van der Waals surface area contributed by atoms with E-state index in [4.69, 9.17) is 0 Å². The molecule has 2 aliphatic heterocycles. The summed E-state index contributed by atoms with van der Waals surface area (Å²) < 4.78 is 2.30. The van der Waals surface area contributed by atoms with Crippen LogP contribution in [0.3, 0.4) is 0 Å². The fraction of sp³-hybridized carbons (Fsp3) is 0.222. The summed E-state index contributed by atoms with van der Waals surface area (Å²) >= 11 is 0. The van der Waals surface area contributed by atoms with Crippen LogP contribution in [0, 0.1) is 0 Å². The minimum atomic E-state index is -0.0689. The van der Waals surface area contributed by atoms with E-state index in [0.29, 0.717) is 6.54 Å². The zero-order valence-corrected chi connectivity index (χ0v) is 17.6. The van der Waals surface area contributed by atoms with E-state index in [1.54, 1.807) is 0 Å². The summed E-state index contributed by atoms with van der Waals surface area (Å²) in [6, 6.07) is 29.7. The van der Waals surface area contributed by atoms with Crippen molar-refractivity contribution in [2.24, 2.45) is 7.05 Å². The maximum Gasteiger partial charge on any atom is 0.321 e. The second-order valence-corrected chi connectivity index (χ2v) is 8.67. The molecule has 2 unspecified atom stereocenters. The van der Waals surface area contributed by atoms with Crippen LogP contribution in [-0.4, -0.2) is 33.0 Å². The summed E-state index contributed by atoms with van der Waals surface area (Å²) in [5.41, 5.74) is 6.23. The van der Waals surface area contributed by atoms with Crippen molar-refractivity contribution in [2.75, 3.05) is 6.54 Å². The van der Waals surface area contributed by atoms with Crippen molar-refractivity contribution < 1.29 is 4.79 Å². The van der Waals surface area contributed by atoms with Gasteiger partial charge in [-0.25, -0.2) is 4.79 Å². The first-order valence-corrected chi connectivity index (χ1v) is 10.9. The third-order valence-electron chi connectivity index (χ3n) is 6.89. The van der Waals surface area contributed by atoms with Gasteiger partial charge in [-0.2, -0.15) is 0 Å². The lowest BCUT2D eigenvalue weighted by Gasteiger charge is -2.38. The Morgan fingerprint density at radius 1 is 0.871 bits per heavy atom. The number of aromatic nitrogens is 1. The second kappa shape index (κ2) is 7.02. The molecule has 4 heteroatoms. The van der Waals surface area contributed by atoms with Crippen LogP contribution in [0.15, 0.2) is 84.9 Å². The van der Waals surface area contributed by atoms with Gasteiger partial charge in [0.05, 0.1) is 12.1 Å². The normalized spacial score (nSPS) is 20.2. The molecule has 0 bridgehead atoms. The summed E-state index contributed by atoms with van der Waals surface area (Å²) in [5.74, 6) is 0. The zero-order valence-electron chi connectivity index (χ0n) is 17.6. The maximum atomic E-state index is 13.7. The van der Waals surface area contributed by atoms with E-state index >= 15 is 0 Å². The molecule has 1 saturated heterocycles. The van der Waals surface area contributed by atoms with Gasteiger partial charge in [-0.1, -0.05) is 78.9 Å². The highest BCUT2D eigenvalue weighted by molar-refractivity contribution is 5.88. The van der Waals surface area contributed by atoms with Gasteiger partial charge in [-0.15, -0.1) is 0 Å². The van der Waals surface area contributed by atoms with E-state index < -0.39 is 0 Å². The Hall–Kier alpha value is -3.53. The summed E-state index contributed by atoms with van der Waals surface area (Å²) in [7, 11) is 2.14. The van der Waals surface area contributed by atoms with E-state index in [2.05, 4.69) is 77.2 Å². The largest absolute Gasteiger partial charge is 0.345 e. The monoisotopic (exact) mass is 407 g/mol. The molecule has 2 aliphatic rings. The van der Waals surface area contributed by atoms with Crippen LogP contribution in [0.4, 0.5) is 4.79 Å². The van der Waals surface area contributed by atoms with E-state index in [9.17, 15) is 4.79 Å². The Labute approximate surface area is 182 Å². The number of hydrogen-bond donors (Lipinski definition) is 0. The first-order valence-electron chi connectivity index (χ1n) is 10.9. The third-order valence-corrected chi connectivity index (χ3v) is 6.89. The lowest BCUT2D eigenvalue weighted by atomic mass is 9.89. The smallest absolute Gasteiger partial charge is 0.321 e. The van der Waals surface area contributed by atoms with Gasteiger partial charge in [0.15, 0.2) is 0 Å². The van der Waals surface area contributed by atoms with Crippen LogP contribution >= 0.6 is 0 Å². The molecule has 4 nitrogen and oxygen atoms in total. The summed E-state index contributed by atoms with van der Waals surface area (Å²) in [6.45, 7) is 1.42. The molecule has 2 amide bonds. The number of carbonyl (C=O) groups is 1. The molecule has 31 heavy (non-hydrogen) atoms. The molecule has 2 atom stereocenters. The number of amides is 2. The molecule has 0 radical (unpaired) electrons. The number of fused-ring (bicyclic) bond motifs is 4. The SMILES string of the molecule is Cn1c2c(c3ccccc31)CC1CN(Cc3ccccc3)C(=O)N1C2c1ccccc1. The molecule has 154 valence electrons. The predicted octanol–water partition coefficient (Wildman–Crippen LogP) is 5.13. The van der Waals surface area contributed by atoms with Crippen molar-refractivity contribution in [1.82, 2.24) is 14.4 Å². The van der Waals surface area contributed by atoms with Crippen LogP contribution in [0.2, 0.25) is 0 Å². The number of rotatable bonds is 3. The Morgan fingerprint density at radius 2 is 1.55 bits per heavy atom. The minimum Gasteiger partial charge on any atom is -0.345 e. The van der Waals surface area contributed by atoms with E-state index in [-0.39, 0.29) is 18.1 Å². The standard InChI is InChI=1S/C27H25N3O/c1-28-24-15-9-8-14-22(24)23-16-21-18-29(17-19-10-4-2-5-11-19)27(31)30(21)25(26(23)28)20-12-6-3-7-13-20/h2-15,21,25H,16-18H2,1H3. The van der Waals surface area contributed by atoms with Gasteiger partial charge in [0.2, 0.25) is 0 Å². The van der Waals surface area contributed by atoms with Crippen LogP contribution in [-0.2, 0) is 20.0 Å². The Balaban J connectivity index is 1.48. The topological polar surface area (TPSA) is 28.5 Å². The molecule has 0 saturated carbocycles. The van der Waals surface area contributed by atoms with Gasteiger partial charge in [0.25, 0.3) is 0 Å². The number of benzene rings is 3. The number of aryl methyl sites for hydroxylation is 1. The highest BCUT2D eigenvalue weighted by Gasteiger charge is 2.47. The first-order chi connectivity index (χ1) is 15.2. The quantitative estimate of drug-likeness (QED) is 0.463. The molecule has 0 N–H and O–H groups in total. The fourth-order valence-corrected chi connectivity index (χ4v) is 5.54. The van der Waals surface area contributed by atoms with Crippen LogP contribution < -0.4 is 0 Å². The molecule has 0 aliphatic carbocycles. The van der Waals surface area contributed by atoms with E-state index in [1.807, 2.05) is 29.2 Å². The average molecular weight is 408 g/mol. The number of hydrogen-bond acceptors (Lipinski definition) is 1. The maximum absolute atomic E-state index is 13.7. The number of urea groups is 1. The van der Waals surface area contributed by atoms with Crippen molar-refractivity contribution in [2.45, 2.75) is 25.0 Å². The van der Waals surface area contributed by atoms with Crippen LogP contribution in [0.5, 0.6) is 0 Å². The molecule has 1 fully saturated rings. The molecule has 0 spiro atoms. The average Bonchev–Trinajstić information content (AvgIpc) is 3.28. The summed E-state index contributed by atoms with van der Waals surface area (Å²) in [6.07, 6.45) is 0.900. The van der Waals surface area contributed by atoms with Gasteiger partial charge in [0.1, 0.15) is 0 Å². The molecular weight excluding hydrogens is 382 g/mol. The third kappa shape index (κ3) is 2.78. The highest BCUT2D eigenvalue weighted by atomic mass is 16.2. The summed E-state index contributed by atoms with van der Waals surface area (Å²) in [5, 5.41) is 1.31. The lowest BCUT2D eigenvalue weighted by molar-refractivity contribution is 0.166. The van der Waals surface area contributed by atoms with E-state index in [1.165, 1.54) is 33.3 Å². The van der Waals surface area contributed by atoms with Crippen molar-refractivity contribution in [3.8, 4) is 0 Å². The zero-order chi connectivity index (χ0) is 20.9. The van der Waals surface area contributed by atoms with Gasteiger partial charge >= 0.3 is 6.03 Å². The highest BCUT2D eigenvalue weighted by Crippen LogP contribution is 2.44. The van der Waals surface area contributed by atoms with Crippen molar-refractivity contribution in [3.05, 3.63) is 107 Å².